The van der Waals surface area contributed by atoms with Crippen molar-refractivity contribution in [2.45, 2.75) is 79.0 Å². The van der Waals surface area contributed by atoms with Gasteiger partial charge in [-0.3, -0.25) is 9.59 Å². The minimum absolute atomic E-state index is 0.307. The lowest BCUT2D eigenvalue weighted by atomic mass is 9.93. The van der Waals surface area contributed by atoms with Crippen molar-refractivity contribution >= 4 is 17.9 Å². The Bertz CT molecular complexity index is 834. The van der Waals surface area contributed by atoms with Gasteiger partial charge in [0.05, 0.1) is 6.07 Å². The Morgan fingerprint density at radius 1 is 1.19 bits per heavy atom. The van der Waals surface area contributed by atoms with Crippen molar-refractivity contribution in [3.8, 4) is 6.07 Å². The third-order valence-electron chi connectivity index (χ3n) is 4.83. The molecule has 32 heavy (non-hydrogen) atoms. The van der Waals surface area contributed by atoms with Crippen LogP contribution in [0.15, 0.2) is 18.2 Å². The van der Waals surface area contributed by atoms with Gasteiger partial charge >= 0.3 is 6.09 Å². The summed E-state index contributed by atoms with van der Waals surface area (Å²) in [5.41, 5.74) is 1.63. The third kappa shape index (κ3) is 7.88. The van der Waals surface area contributed by atoms with Crippen LogP contribution in [0.5, 0.6) is 0 Å². The minimum Gasteiger partial charge on any atom is -0.444 e. The van der Waals surface area contributed by atoms with Crippen LogP contribution in [0.3, 0.4) is 0 Å². The molecule has 0 saturated heterocycles. The molecule has 1 aromatic carbocycles. The smallest absolute Gasteiger partial charge is 0.408 e. The molecule has 0 aromatic heterocycles. The molecule has 8 heteroatoms. The lowest BCUT2D eigenvalue weighted by molar-refractivity contribution is -0.141. The zero-order valence-electron chi connectivity index (χ0n) is 20.2. The fourth-order valence-electron chi connectivity index (χ4n) is 3.34. The fraction of sp³-hybridized carbons (Fsp3) is 0.583. The van der Waals surface area contributed by atoms with E-state index in [1.807, 2.05) is 45.0 Å². The van der Waals surface area contributed by atoms with Gasteiger partial charge in [0.25, 0.3) is 0 Å². The van der Waals surface area contributed by atoms with Crippen LogP contribution >= 0.6 is 0 Å². The molecule has 2 unspecified atom stereocenters. The lowest BCUT2D eigenvalue weighted by Gasteiger charge is -2.33. The summed E-state index contributed by atoms with van der Waals surface area (Å²) in [5.74, 6) is -0.903. The van der Waals surface area contributed by atoms with E-state index < -0.39 is 29.7 Å². The summed E-state index contributed by atoms with van der Waals surface area (Å²) in [4.78, 5) is 40.0. The molecule has 0 spiro atoms. The first-order valence-electron chi connectivity index (χ1n) is 10.9. The zero-order valence-corrected chi connectivity index (χ0v) is 20.2. The highest BCUT2D eigenvalue weighted by Gasteiger charge is 2.36. The summed E-state index contributed by atoms with van der Waals surface area (Å²) in [6.45, 7) is 12.6. The number of amides is 3. The molecular formula is C24H36N4O4. The number of ether oxygens (including phenoxy) is 1. The van der Waals surface area contributed by atoms with Crippen molar-refractivity contribution in [1.29, 1.82) is 5.26 Å². The standard InChI is InChI=1S/C24H36N4O4/c1-8-9-14-26-21(29)20(19-16(2)11-10-12-17(19)3)28(15-13-25)22(30)18(4)27-23(31)32-24(5,6)7/h10-12,18,20H,8-9,14-15H2,1-7H3,(H,26,29)(H,27,31). The molecule has 0 fully saturated rings. The normalized spacial score (nSPS) is 12.8. The van der Waals surface area contributed by atoms with E-state index in [2.05, 4.69) is 10.6 Å². The maximum Gasteiger partial charge on any atom is 0.408 e. The average Bonchev–Trinajstić information content (AvgIpc) is 2.67. The van der Waals surface area contributed by atoms with Crippen LogP contribution in [0.1, 0.15) is 70.2 Å². The second-order valence-corrected chi connectivity index (χ2v) is 8.84. The summed E-state index contributed by atoms with van der Waals surface area (Å²) in [5, 5.41) is 14.8. The number of rotatable bonds is 9. The van der Waals surface area contributed by atoms with Crippen molar-refractivity contribution in [2.24, 2.45) is 0 Å². The summed E-state index contributed by atoms with van der Waals surface area (Å²) in [7, 11) is 0. The van der Waals surface area contributed by atoms with E-state index in [1.54, 1.807) is 20.8 Å². The Morgan fingerprint density at radius 3 is 2.28 bits per heavy atom. The van der Waals surface area contributed by atoms with Crippen LogP contribution in [0.2, 0.25) is 0 Å². The average molecular weight is 445 g/mol. The molecular weight excluding hydrogens is 408 g/mol. The van der Waals surface area contributed by atoms with Gasteiger partial charge in [0, 0.05) is 6.54 Å². The molecule has 0 saturated carbocycles. The van der Waals surface area contributed by atoms with Gasteiger partial charge in [0.2, 0.25) is 11.8 Å². The van der Waals surface area contributed by atoms with Crippen LogP contribution < -0.4 is 10.6 Å². The Balaban J connectivity index is 3.31. The molecule has 2 N–H and O–H groups in total. The summed E-state index contributed by atoms with van der Waals surface area (Å²) in [6.07, 6.45) is 0.964. The number of alkyl carbamates (subject to hydrolysis) is 1. The van der Waals surface area contributed by atoms with Gasteiger partial charge in [-0.2, -0.15) is 5.26 Å². The van der Waals surface area contributed by atoms with Crippen molar-refractivity contribution in [3.05, 3.63) is 34.9 Å². The van der Waals surface area contributed by atoms with Gasteiger partial charge in [0.15, 0.2) is 0 Å². The Labute approximate surface area is 191 Å². The maximum atomic E-state index is 13.3. The van der Waals surface area contributed by atoms with Crippen molar-refractivity contribution in [1.82, 2.24) is 15.5 Å². The van der Waals surface area contributed by atoms with Crippen molar-refractivity contribution in [3.63, 3.8) is 0 Å². The van der Waals surface area contributed by atoms with Crippen molar-refractivity contribution < 1.29 is 19.1 Å². The molecule has 2 atom stereocenters. The first-order valence-corrected chi connectivity index (χ1v) is 10.9. The summed E-state index contributed by atoms with van der Waals surface area (Å²) >= 11 is 0. The topological polar surface area (TPSA) is 112 Å². The summed E-state index contributed by atoms with van der Waals surface area (Å²) < 4.78 is 5.23. The van der Waals surface area contributed by atoms with Gasteiger partial charge in [-0.15, -0.1) is 0 Å². The van der Waals surface area contributed by atoms with Gasteiger partial charge in [-0.25, -0.2) is 4.79 Å². The summed E-state index contributed by atoms with van der Waals surface area (Å²) in [6, 6.07) is 5.61. The number of aryl methyl sites for hydroxylation is 2. The molecule has 1 rings (SSSR count). The number of nitriles is 1. The highest BCUT2D eigenvalue weighted by molar-refractivity contribution is 5.92. The van der Waals surface area contributed by atoms with E-state index in [4.69, 9.17) is 4.74 Å². The largest absolute Gasteiger partial charge is 0.444 e. The van der Waals surface area contributed by atoms with Crippen LogP contribution in [-0.2, 0) is 14.3 Å². The van der Waals surface area contributed by atoms with E-state index >= 15 is 0 Å². The number of hydrogen-bond donors (Lipinski definition) is 2. The molecule has 0 aliphatic rings. The number of unbranched alkanes of at least 4 members (excludes halogenated alkanes) is 1. The van der Waals surface area contributed by atoms with Crippen LogP contribution in [0.25, 0.3) is 0 Å². The van der Waals surface area contributed by atoms with Crippen LogP contribution in [0, 0.1) is 25.2 Å². The SMILES string of the molecule is CCCCNC(=O)C(c1c(C)cccc1C)N(CC#N)C(=O)C(C)NC(=O)OC(C)(C)C. The van der Waals surface area contributed by atoms with Gasteiger partial charge < -0.3 is 20.3 Å². The number of carbonyl (C=O) groups is 3. The third-order valence-corrected chi connectivity index (χ3v) is 4.83. The monoisotopic (exact) mass is 444 g/mol. The van der Waals surface area contributed by atoms with Crippen LogP contribution in [0.4, 0.5) is 4.79 Å². The first kappa shape index (κ1) is 27.0. The number of benzene rings is 1. The number of carbonyl (C=O) groups excluding carboxylic acids is 3. The number of hydrogen-bond acceptors (Lipinski definition) is 5. The van der Waals surface area contributed by atoms with Gasteiger partial charge in [0.1, 0.15) is 24.2 Å². The van der Waals surface area contributed by atoms with E-state index in [-0.39, 0.29) is 12.5 Å². The molecule has 176 valence electrons. The minimum atomic E-state index is -0.997. The molecule has 0 heterocycles. The van der Waals surface area contributed by atoms with Crippen molar-refractivity contribution in [2.75, 3.05) is 13.1 Å². The molecule has 0 aliphatic heterocycles. The van der Waals surface area contributed by atoms with E-state index in [0.717, 1.165) is 24.0 Å². The maximum absolute atomic E-state index is 13.3. The molecule has 0 radical (unpaired) electrons. The fourth-order valence-corrected chi connectivity index (χ4v) is 3.34. The number of nitrogens with zero attached hydrogens (tertiary/aromatic N) is 2. The second-order valence-electron chi connectivity index (χ2n) is 8.84. The molecule has 8 nitrogen and oxygen atoms in total. The van der Waals surface area contributed by atoms with Gasteiger partial charge in [-0.1, -0.05) is 31.5 Å². The predicted octanol–water partition coefficient (Wildman–Crippen LogP) is 3.53. The Morgan fingerprint density at radius 2 is 1.78 bits per heavy atom. The van der Waals surface area contributed by atoms with E-state index in [0.29, 0.717) is 12.1 Å². The van der Waals surface area contributed by atoms with Crippen LogP contribution in [-0.4, -0.2) is 47.5 Å². The van der Waals surface area contributed by atoms with E-state index in [9.17, 15) is 19.6 Å². The quantitative estimate of drug-likeness (QED) is 0.447. The molecule has 3 amide bonds. The highest BCUT2D eigenvalue weighted by atomic mass is 16.6. The molecule has 1 aromatic rings. The zero-order chi connectivity index (χ0) is 24.5. The lowest BCUT2D eigenvalue weighted by Crippen LogP contribution is -2.52. The number of nitrogens with one attached hydrogen (secondary N) is 2. The van der Waals surface area contributed by atoms with Gasteiger partial charge in [-0.05, 0) is 64.7 Å². The molecule has 0 bridgehead atoms. The first-order chi connectivity index (χ1) is 14.9. The van der Waals surface area contributed by atoms with E-state index in [1.165, 1.54) is 11.8 Å². The Kier molecular flexibility index (Phi) is 10.2. The highest BCUT2D eigenvalue weighted by Crippen LogP contribution is 2.28. The second kappa shape index (κ2) is 12.1. The Hall–Kier alpha value is -3.08. The molecule has 0 aliphatic carbocycles. The predicted molar refractivity (Wildman–Crippen MR) is 123 cm³/mol.